The van der Waals surface area contributed by atoms with Crippen LogP contribution in [0.3, 0.4) is 0 Å². The molecule has 10 nitrogen and oxygen atoms in total. The van der Waals surface area contributed by atoms with Crippen molar-refractivity contribution in [3.8, 4) is 0 Å². The fraction of sp³-hybridized carbons (Fsp3) is 0.458. The zero-order valence-corrected chi connectivity index (χ0v) is 20.8. The van der Waals surface area contributed by atoms with Crippen molar-refractivity contribution >= 4 is 23.7 Å². The zero-order chi connectivity index (χ0) is 27.6. The molecule has 202 valence electrons. The lowest BCUT2D eigenvalue weighted by Gasteiger charge is -2.35. The van der Waals surface area contributed by atoms with Crippen molar-refractivity contribution in [1.29, 1.82) is 0 Å². The van der Waals surface area contributed by atoms with Gasteiger partial charge in [0.1, 0.15) is 0 Å². The van der Waals surface area contributed by atoms with Gasteiger partial charge in [-0.25, -0.2) is 9.59 Å². The Labute approximate surface area is 212 Å². The van der Waals surface area contributed by atoms with E-state index >= 15 is 0 Å². The summed E-state index contributed by atoms with van der Waals surface area (Å²) in [7, 11) is 0. The molecule has 1 fully saturated rings. The van der Waals surface area contributed by atoms with E-state index in [1.54, 1.807) is 6.07 Å². The van der Waals surface area contributed by atoms with Gasteiger partial charge in [0.25, 0.3) is 5.91 Å². The van der Waals surface area contributed by atoms with Gasteiger partial charge in [-0.05, 0) is 24.5 Å². The van der Waals surface area contributed by atoms with Crippen LogP contribution in [0, 0.1) is 5.92 Å². The van der Waals surface area contributed by atoms with Gasteiger partial charge in [0.2, 0.25) is 0 Å². The normalized spacial score (nSPS) is 15.4. The maximum atomic E-state index is 13.1. The number of hydrogen-bond acceptors (Lipinski definition) is 6. The molecule has 13 heteroatoms. The van der Waals surface area contributed by atoms with E-state index < -0.39 is 12.1 Å². The molecule has 3 amide bonds. The lowest BCUT2D eigenvalue weighted by Crippen LogP contribution is -2.54. The molecular weight excluding hydrogens is 493 g/mol. The molecule has 0 spiro atoms. The summed E-state index contributed by atoms with van der Waals surface area (Å²) < 4.78 is 31.7. The van der Waals surface area contributed by atoms with Crippen LogP contribution in [-0.4, -0.2) is 76.5 Å². The van der Waals surface area contributed by atoms with Crippen molar-refractivity contribution in [2.75, 3.05) is 31.5 Å². The lowest BCUT2D eigenvalue weighted by atomic mass is 10.0. The molecule has 0 bridgehead atoms. The van der Waals surface area contributed by atoms with Crippen molar-refractivity contribution in [2.45, 2.75) is 39.4 Å². The zero-order valence-electron chi connectivity index (χ0n) is 20.8. The Morgan fingerprint density at radius 1 is 1.19 bits per heavy atom. The van der Waals surface area contributed by atoms with Gasteiger partial charge in [0.15, 0.2) is 11.5 Å². The quantitative estimate of drug-likeness (QED) is 0.456. The summed E-state index contributed by atoms with van der Waals surface area (Å²) in [4.78, 5) is 35.8. The molecular formula is C24H31F3N6O4. The maximum absolute atomic E-state index is 13.1. The average Bonchev–Trinajstić information content (AvgIpc) is 2.85. The number of benzene rings is 1. The first-order valence-corrected chi connectivity index (χ1v) is 11.7. The minimum absolute atomic E-state index is 0.131. The third-order valence-corrected chi connectivity index (χ3v) is 5.44. The molecule has 1 aliphatic heterocycles. The fourth-order valence-corrected chi connectivity index (χ4v) is 3.47. The summed E-state index contributed by atoms with van der Waals surface area (Å²) in [5.41, 5.74) is 2.11. The number of urea groups is 1. The highest BCUT2D eigenvalue weighted by atomic mass is 19.4. The number of rotatable bonds is 6. The number of nitrogens with one attached hydrogen (secondary N) is 3. The van der Waals surface area contributed by atoms with Gasteiger partial charge < -0.3 is 20.6 Å². The number of carboxylic acid groups (broad SMARTS) is 1. The van der Waals surface area contributed by atoms with Crippen molar-refractivity contribution in [2.24, 2.45) is 5.92 Å². The summed E-state index contributed by atoms with van der Waals surface area (Å²) in [6.07, 6.45) is -4.55. The number of aliphatic carboxylic acids is 1. The van der Waals surface area contributed by atoms with E-state index in [9.17, 15) is 22.8 Å². The van der Waals surface area contributed by atoms with Crippen molar-refractivity contribution in [3.05, 3.63) is 53.2 Å². The minimum Gasteiger partial charge on any atom is -0.475 e. The number of hydrogen-bond donors (Lipinski definition) is 4. The highest BCUT2D eigenvalue weighted by Crippen LogP contribution is 2.19. The van der Waals surface area contributed by atoms with Crippen LogP contribution in [-0.2, 0) is 11.2 Å². The number of carbonyl (C=O) groups excluding carboxylic acids is 2. The first-order valence-electron chi connectivity index (χ1n) is 11.7. The van der Waals surface area contributed by atoms with Crippen LogP contribution in [0.25, 0.3) is 0 Å². The van der Waals surface area contributed by atoms with E-state index in [-0.39, 0.29) is 18.0 Å². The SMILES string of the molecule is CCNC(=O)Nc1nnc(C(=O)N2CCN[C@@H](C(C)C)C2)cc1Cc1ccccc1.O=C(O)C(F)(F)F. The largest absolute Gasteiger partial charge is 0.490 e. The van der Waals surface area contributed by atoms with E-state index in [0.717, 1.165) is 17.7 Å². The van der Waals surface area contributed by atoms with Crippen molar-refractivity contribution < 1.29 is 32.7 Å². The van der Waals surface area contributed by atoms with Gasteiger partial charge in [0, 0.05) is 44.2 Å². The number of halogens is 3. The van der Waals surface area contributed by atoms with Crippen LogP contribution >= 0.6 is 0 Å². The summed E-state index contributed by atoms with van der Waals surface area (Å²) in [6, 6.07) is 11.5. The summed E-state index contributed by atoms with van der Waals surface area (Å²) >= 11 is 0. The van der Waals surface area contributed by atoms with Crippen LogP contribution in [0.1, 0.15) is 42.4 Å². The first-order chi connectivity index (χ1) is 17.4. The Morgan fingerprint density at radius 2 is 1.84 bits per heavy atom. The molecule has 0 saturated carbocycles. The number of alkyl halides is 3. The molecule has 1 aromatic carbocycles. The predicted octanol–water partition coefficient (Wildman–Crippen LogP) is 2.91. The number of carbonyl (C=O) groups is 3. The van der Waals surface area contributed by atoms with E-state index in [0.29, 0.717) is 43.5 Å². The van der Waals surface area contributed by atoms with Crippen LogP contribution in [0.5, 0.6) is 0 Å². The van der Waals surface area contributed by atoms with Crippen molar-refractivity contribution in [3.63, 3.8) is 0 Å². The van der Waals surface area contributed by atoms with Gasteiger partial charge in [-0.15, -0.1) is 10.2 Å². The fourth-order valence-electron chi connectivity index (χ4n) is 3.47. The third kappa shape index (κ3) is 9.33. The Kier molecular flexibility index (Phi) is 10.8. The first kappa shape index (κ1) is 29.5. The van der Waals surface area contributed by atoms with E-state index in [1.807, 2.05) is 42.2 Å². The molecule has 3 rings (SSSR count). The second-order valence-corrected chi connectivity index (χ2v) is 8.61. The number of piperazine rings is 1. The van der Waals surface area contributed by atoms with Gasteiger partial charge in [-0.2, -0.15) is 13.2 Å². The van der Waals surface area contributed by atoms with Crippen molar-refractivity contribution in [1.82, 2.24) is 25.7 Å². The molecule has 1 aromatic heterocycles. The van der Waals surface area contributed by atoms with Gasteiger partial charge in [-0.3, -0.25) is 10.1 Å². The number of carboxylic acids is 1. The molecule has 37 heavy (non-hydrogen) atoms. The van der Waals surface area contributed by atoms with Gasteiger partial charge in [0.05, 0.1) is 0 Å². The van der Waals surface area contributed by atoms with E-state index in [2.05, 4.69) is 40.0 Å². The Hall–Kier alpha value is -3.74. The van der Waals surface area contributed by atoms with Gasteiger partial charge in [-0.1, -0.05) is 44.2 Å². The molecule has 0 radical (unpaired) electrons. The molecule has 1 saturated heterocycles. The second-order valence-electron chi connectivity index (χ2n) is 8.61. The van der Waals surface area contributed by atoms with Crippen LogP contribution in [0.2, 0.25) is 0 Å². The van der Waals surface area contributed by atoms with Crippen LogP contribution in [0.15, 0.2) is 36.4 Å². The summed E-state index contributed by atoms with van der Waals surface area (Å²) in [5.74, 6) is -2.09. The lowest BCUT2D eigenvalue weighted by molar-refractivity contribution is -0.192. The van der Waals surface area contributed by atoms with Crippen LogP contribution < -0.4 is 16.0 Å². The third-order valence-electron chi connectivity index (χ3n) is 5.44. The van der Waals surface area contributed by atoms with E-state index in [1.165, 1.54) is 0 Å². The molecule has 1 aliphatic rings. The van der Waals surface area contributed by atoms with E-state index in [4.69, 9.17) is 9.90 Å². The number of aromatic nitrogens is 2. The summed E-state index contributed by atoms with van der Waals surface area (Å²) in [6.45, 7) is 8.67. The Bertz CT molecular complexity index is 1070. The number of amides is 3. The monoisotopic (exact) mass is 524 g/mol. The Balaban J connectivity index is 0.000000604. The highest BCUT2D eigenvalue weighted by Gasteiger charge is 2.38. The molecule has 2 heterocycles. The minimum atomic E-state index is -5.08. The molecule has 0 unspecified atom stereocenters. The maximum Gasteiger partial charge on any atom is 0.490 e. The number of nitrogens with zero attached hydrogens (tertiary/aromatic N) is 3. The molecule has 1 atom stereocenters. The topological polar surface area (TPSA) is 137 Å². The molecule has 0 aliphatic carbocycles. The summed E-state index contributed by atoms with van der Waals surface area (Å²) in [5, 5.41) is 24.3. The second kappa shape index (κ2) is 13.5. The standard InChI is InChI=1S/C22H30N6O2.C2HF3O2/c1-4-23-22(30)25-20-17(12-16-8-6-5-7-9-16)13-18(26-27-20)21(29)28-11-10-24-19(14-28)15(2)3;3-2(4,5)1(6)7/h5-9,13,15,19,24H,4,10-12,14H2,1-3H3,(H2,23,25,27,30);(H,6,7)/t19-;/m1./s1. The molecule has 4 N–H and O–H groups in total. The number of anilines is 1. The molecule has 2 aromatic rings. The predicted molar refractivity (Wildman–Crippen MR) is 130 cm³/mol. The van der Waals surface area contributed by atoms with Crippen LogP contribution in [0.4, 0.5) is 23.8 Å². The Morgan fingerprint density at radius 3 is 2.41 bits per heavy atom. The van der Waals surface area contributed by atoms with Gasteiger partial charge >= 0.3 is 18.2 Å². The highest BCUT2D eigenvalue weighted by molar-refractivity contribution is 5.93. The smallest absolute Gasteiger partial charge is 0.475 e. The average molecular weight is 525 g/mol.